The van der Waals surface area contributed by atoms with Gasteiger partial charge in [0.15, 0.2) is 0 Å². The number of rotatable bonds is 16. The van der Waals surface area contributed by atoms with Crippen molar-refractivity contribution in [3.05, 3.63) is 46.5 Å². The second-order valence-electron chi connectivity index (χ2n) is 9.83. The molecule has 2 aromatic rings. The number of unbranched alkanes of at least 4 members (excludes halogenated alkanes) is 2. The highest BCUT2D eigenvalue weighted by Gasteiger charge is 2.26. The molecule has 0 saturated heterocycles. The molecule has 0 aromatic heterocycles. The zero-order valence-corrected chi connectivity index (χ0v) is 23.4. The van der Waals surface area contributed by atoms with Crippen LogP contribution in [-0.4, -0.2) is 32.4 Å². The van der Waals surface area contributed by atoms with Gasteiger partial charge in [0, 0.05) is 0 Å². The Kier molecular flexibility index (Phi) is 12.3. The number of phenolic OH excluding ortho intramolecular Hbond substituents is 2. The van der Waals surface area contributed by atoms with E-state index in [1.165, 1.54) is 24.3 Å². The summed E-state index contributed by atoms with van der Waals surface area (Å²) in [4.78, 5) is 25.1. The fraction of sp³-hybridized carbons (Fsp3) is 0.533. The van der Waals surface area contributed by atoms with Gasteiger partial charge in [-0.3, -0.25) is 0 Å². The summed E-state index contributed by atoms with van der Waals surface area (Å²) in [5.74, 6) is -1.79. The molecule has 2 unspecified atom stereocenters. The lowest BCUT2D eigenvalue weighted by atomic mass is 9.89. The molecule has 0 fully saturated rings. The first kappa shape index (κ1) is 30.6. The number of aromatic hydroxyl groups is 2. The zero-order valence-electron chi connectivity index (χ0n) is 22.5. The smallest absolute Gasteiger partial charge is 0.336 e. The van der Waals surface area contributed by atoms with Crippen molar-refractivity contribution in [2.24, 2.45) is 11.8 Å². The summed E-state index contributed by atoms with van der Waals surface area (Å²) in [7, 11) is 0. The summed E-state index contributed by atoms with van der Waals surface area (Å²) < 4.78 is 0. The summed E-state index contributed by atoms with van der Waals surface area (Å²) in [5.41, 5.74) is 1.31. The van der Waals surface area contributed by atoms with Gasteiger partial charge in [-0.2, -0.15) is 0 Å². The first-order valence-electron chi connectivity index (χ1n) is 13.5. The predicted molar refractivity (Wildman–Crippen MR) is 148 cm³/mol. The molecule has 37 heavy (non-hydrogen) atoms. The predicted octanol–water partition coefficient (Wildman–Crippen LogP) is 8.16. The second-order valence-corrected chi connectivity index (χ2v) is 10.9. The van der Waals surface area contributed by atoms with Gasteiger partial charge in [-0.25, -0.2) is 9.59 Å². The van der Waals surface area contributed by atoms with Gasteiger partial charge < -0.3 is 20.4 Å². The maximum atomic E-state index is 12.2. The van der Waals surface area contributed by atoms with Crippen LogP contribution in [-0.2, 0) is 12.8 Å². The normalized spacial score (nSPS) is 12.9. The average molecular weight is 531 g/mol. The van der Waals surface area contributed by atoms with Gasteiger partial charge in [-0.05, 0) is 60.1 Å². The Morgan fingerprint density at radius 3 is 1.38 bits per heavy atom. The van der Waals surface area contributed by atoms with Crippen LogP contribution in [0.25, 0.3) is 0 Å². The third kappa shape index (κ3) is 8.16. The molecule has 0 aliphatic heterocycles. The average Bonchev–Trinajstić information content (AvgIpc) is 2.86. The molecule has 6 nitrogen and oxygen atoms in total. The molecular formula is C30H42O6S. The molecule has 204 valence electrons. The molecule has 0 aliphatic carbocycles. The van der Waals surface area contributed by atoms with Crippen LogP contribution in [0.4, 0.5) is 0 Å². The van der Waals surface area contributed by atoms with Crippen molar-refractivity contribution in [2.45, 2.75) is 102 Å². The van der Waals surface area contributed by atoms with Crippen LogP contribution >= 0.6 is 11.8 Å². The number of benzene rings is 2. The van der Waals surface area contributed by atoms with Crippen LogP contribution in [0, 0.1) is 11.8 Å². The molecule has 2 atom stereocenters. The highest BCUT2D eigenvalue weighted by molar-refractivity contribution is 7.99. The molecule has 2 rings (SSSR count). The number of hydrogen-bond acceptors (Lipinski definition) is 5. The minimum Gasteiger partial charge on any atom is -0.507 e. The highest BCUT2D eigenvalue weighted by atomic mass is 32.2. The molecule has 0 saturated carbocycles. The van der Waals surface area contributed by atoms with Crippen molar-refractivity contribution >= 4 is 23.7 Å². The summed E-state index contributed by atoms with van der Waals surface area (Å²) in [6.45, 7) is 8.40. The first-order valence-corrected chi connectivity index (χ1v) is 14.3. The van der Waals surface area contributed by atoms with E-state index in [0.717, 1.165) is 63.1 Å². The van der Waals surface area contributed by atoms with Crippen molar-refractivity contribution in [2.75, 3.05) is 0 Å². The Balaban J connectivity index is 2.67. The van der Waals surface area contributed by atoms with Gasteiger partial charge in [0.25, 0.3) is 0 Å². The zero-order chi connectivity index (χ0) is 27.5. The summed E-state index contributed by atoms with van der Waals surface area (Å²) in [6, 6.07) is 5.60. The molecule has 0 radical (unpaired) electrons. The van der Waals surface area contributed by atoms with Crippen LogP contribution in [0.1, 0.15) is 111 Å². The van der Waals surface area contributed by atoms with E-state index in [-0.39, 0.29) is 34.5 Å². The summed E-state index contributed by atoms with van der Waals surface area (Å²) in [6.07, 6.45) is 8.76. The lowest BCUT2D eigenvalue weighted by Crippen LogP contribution is -2.12. The molecule has 0 heterocycles. The van der Waals surface area contributed by atoms with Crippen LogP contribution in [0.2, 0.25) is 0 Å². The van der Waals surface area contributed by atoms with Gasteiger partial charge in [-0.1, -0.05) is 90.8 Å². The maximum absolute atomic E-state index is 12.2. The number of hydrogen-bond donors (Lipinski definition) is 4. The highest BCUT2D eigenvalue weighted by Crippen LogP contribution is 2.46. The van der Waals surface area contributed by atoms with Gasteiger partial charge in [0.2, 0.25) is 0 Å². The van der Waals surface area contributed by atoms with Gasteiger partial charge in [0.05, 0.1) is 20.9 Å². The first-order chi connectivity index (χ1) is 17.7. The maximum Gasteiger partial charge on any atom is 0.336 e. The van der Waals surface area contributed by atoms with Crippen molar-refractivity contribution in [1.29, 1.82) is 0 Å². The van der Waals surface area contributed by atoms with E-state index in [9.17, 15) is 30.0 Å². The third-order valence-corrected chi connectivity index (χ3v) is 8.54. The molecule has 0 spiro atoms. The van der Waals surface area contributed by atoms with Crippen LogP contribution in [0.15, 0.2) is 34.1 Å². The molecule has 0 amide bonds. The fourth-order valence-corrected chi connectivity index (χ4v) is 6.01. The number of phenols is 2. The van der Waals surface area contributed by atoms with E-state index in [4.69, 9.17) is 0 Å². The summed E-state index contributed by atoms with van der Waals surface area (Å²) in [5, 5.41) is 41.7. The van der Waals surface area contributed by atoms with Crippen molar-refractivity contribution in [3.63, 3.8) is 0 Å². The number of aromatic carboxylic acids is 2. The number of carboxylic acids is 2. The van der Waals surface area contributed by atoms with E-state index in [0.29, 0.717) is 33.8 Å². The Morgan fingerprint density at radius 2 is 1.08 bits per heavy atom. The fourth-order valence-electron chi connectivity index (χ4n) is 4.83. The SMILES string of the molecule is CCCCC(CC)Cc1c(C(=O)O)ccc(O)c1Sc1c(O)ccc(C(=O)O)c1CC(CC)CCCC. The number of carboxylic acid groups (broad SMARTS) is 2. The molecule has 2 aromatic carbocycles. The lowest BCUT2D eigenvalue weighted by Gasteiger charge is -2.22. The lowest BCUT2D eigenvalue weighted by molar-refractivity contribution is 0.0684. The minimum atomic E-state index is -1.07. The van der Waals surface area contributed by atoms with E-state index in [1.807, 2.05) is 0 Å². The second kappa shape index (κ2) is 14.9. The molecule has 4 N–H and O–H groups in total. The van der Waals surface area contributed by atoms with Crippen molar-refractivity contribution < 1.29 is 30.0 Å². The molecule has 0 aliphatic rings. The molecule has 7 heteroatoms. The van der Waals surface area contributed by atoms with Crippen LogP contribution < -0.4 is 0 Å². The Labute approximate surface area is 225 Å². The van der Waals surface area contributed by atoms with E-state index in [1.54, 1.807) is 0 Å². The van der Waals surface area contributed by atoms with Crippen molar-refractivity contribution in [3.8, 4) is 11.5 Å². The van der Waals surface area contributed by atoms with E-state index in [2.05, 4.69) is 27.7 Å². The van der Waals surface area contributed by atoms with Gasteiger partial charge >= 0.3 is 11.9 Å². The quantitative estimate of drug-likeness (QED) is 0.173. The van der Waals surface area contributed by atoms with Crippen molar-refractivity contribution in [1.82, 2.24) is 0 Å². The van der Waals surface area contributed by atoms with E-state index >= 15 is 0 Å². The van der Waals surface area contributed by atoms with Crippen LogP contribution in [0.3, 0.4) is 0 Å². The third-order valence-electron chi connectivity index (χ3n) is 7.22. The Hall–Kier alpha value is -2.67. The van der Waals surface area contributed by atoms with Gasteiger partial charge in [0.1, 0.15) is 11.5 Å². The largest absolute Gasteiger partial charge is 0.507 e. The van der Waals surface area contributed by atoms with Gasteiger partial charge in [-0.15, -0.1) is 0 Å². The Morgan fingerprint density at radius 1 is 0.703 bits per heavy atom. The monoisotopic (exact) mass is 530 g/mol. The molecule has 0 bridgehead atoms. The minimum absolute atomic E-state index is 0.0700. The summed E-state index contributed by atoms with van der Waals surface area (Å²) >= 11 is 1.08. The van der Waals surface area contributed by atoms with E-state index < -0.39 is 11.9 Å². The number of carbonyl (C=O) groups is 2. The molecular weight excluding hydrogens is 488 g/mol. The van der Waals surface area contributed by atoms with Crippen LogP contribution in [0.5, 0.6) is 11.5 Å². The Bertz CT molecular complexity index is 981. The standard InChI is InChI=1S/C30H42O6S/c1-5-9-11-19(7-3)17-23-21(29(33)34)13-15-25(31)27(23)37-28-24(18-20(8-4)12-10-6-2)22(30(35)36)14-16-26(28)32/h13-16,19-20,31-32H,5-12,17-18H2,1-4H3,(H,33,34)(H,35,36). The topological polar surface area (TPSA) is 115 Å².